The lowest BCUT2D eigenvalue weighted by molar-refractivity contribution is -0.148. The van der Waals surface area contributed by atoms with Gasteiger partial charge in [0.15, 0.2) is 0 Å². The second-order valence-electron chi connectivity index (χ2n) is 10.9. The molecule has 4 aliphatic rings. The summed E-state index contributed by atoms with van der Waals surface area (Å²) in [4.78, 5) is 49.6. The molecule has 0 bridgehead atoms. The summed E-state index contributed by atoms with van der Waals surface area (Å²) < 4.78 is 0. The Hall–Kier alpha value is -2.92. The average molecular weight is 464 g/mol. The van der Waals surface area contributed by atoms with Gasteiger partial charge < -0.3 is 10.2 Å². The number of anilines is 1. The third-order valence-corrected chi connectivity index (χ3v) is 8.39. The van der Waals surface area contributed by atoms with Crippen molar-refractivity contribution >= 4 is 23.4 Å². The van der Waals surface area contributed by atoms with Gasteiger partial charge in [0.25, 0.3) is 5.91 Å². The molecule has 1 aromatic carbocycles. The number of benzene rings is 1. The van der Waals surface area contributed by atoms with Crippen LogP contribution in [0.5, 0.6) is 0 Å². The molecule has 34 heavy (non-hydrogen) atoms. The summed E-state index contributed by atoms with van der Waals surface area (Å²) in [6.07, 6.45) is 2.06. The first-order valence-electron chi connectivity index (χ1n) is 12.2. The highest BCUT2D eigenvalue weighted by Crippen LogP contribution is 2.48. The van der Waals surface area contributed by atoms with Crippen molar-refractivity contribution < 1.29 is 14.4 Å². The zero-order chi connectivity index (χ0) is 24.4. The average Bonchev–Trinajstić information content (AvgIpc) is 3.25. The van der Waals surface area contributed by atoms with Gasteiger partial charge in [-0.15, -0.1) is 0 Å². The highest BCUT2D eigenvalue weighted by molar-refractivity contribution is 6.07. The molecule has 5 rings (SSSR count). The van der Waals surface area contributed by atoms with Gasteiger partial charge in [0, 0.05) is 25.3 Å². The molecular weight excluding hydrogens is 430 g/mol. The Kier molecular flexibility index (Phi) is 5.44. The lowest BCUT2D eigenvalue weighted by atomic mass is 9.80. The number of hydrogen-bond donors (Lipinski definition) is 1. The van der Waals surface area contributed by atoms with Crippen LogP contribution in [-0.4, -0.2) is 77.4 Å². The Labute approximate surface area is 201 Å². The fourth-order valence-electron chi connectivity index (χ4n) is 6.35. The molecular formula is C26H33N5O3. The molecule has 3 fully saturated rings. The SMILES string of the molecule is [C-]#[N+][C@@H]1C[C@@]2(CN1C(=O)[C@H](CC(C)C)N(C)C(=O)[C@@H]1C[C@H]3C[C@H]3N1C)C(=O)Nc1ccccc12. The number of likely N-dealkylation sites (tertiary alicyclic amines) is 2. The van der Waals surface area contributed by atoms with E-state index in [1.165, 1.54) is 0 Å². The Morgan fingerprint density at radius 3 is 2.68 bits per heavy atom. The molecule has 0 radical (unpaired) electrons. The Morgan fingerprint density at radius 1 is 1.29 bits per heavy atom. The first-order valence-corrected chi connectivity index (χ1v) is 12.2. The summed E-state index contributed by atoms with van der Waals surface area (Å²) in [6.45, 7) is 12.0. The molecule has 1 N–H and O–H groups in total. The number of fused-ring (bicyclic) bond motifs is 3. The predicted octanol–water partition coefficient (Wildman–Crippen LogP) is 2.32. The fraction of sp³-hybridized carbons (Fsp3) is 0.615. The lowest BCUT2D eigenvalue weighted by Crippen LogP contribution is -2.55. The Balaban J connectivity index is 1.41. The number of rotatable bonds is 5. The molecule has 0 unspecified atom stereocenters. The van der Waals surface area contributed by atoms with E-state index in [2.05, 4.69) is 15.1 Å². The molecule has 3 heterocycles. The summed E-state index contributed by atoms with van der Waals surface area (Å²) in [7, 11) is 3.73. The van der Waals surface area contributed by atoms with Gasteiger partial charge in [-0.05, 0) is 49.8 Å². The number of carbonyl (C=O) groups is 3. The third kappa shape index (κ3) is 3.40. The van der Waals surface area contributed by atoms with Crippen molar-refractivity contribution in [1.82, 2.24) is 14.7 Å². The molecule has 8 heteroatoms. The van der Waals surface area contributed by atoms with Gasteiger partial charge in [-0.2, -0.15) is 0 Å². The van der Waals surface area contributed by atoms with E-state index in [9.17, 15) is 14.4 Å². The van der Waals surface area contributed by atoms with Crippen LogP contribution in [-0.2, 0) is 19.8 Å². The molecule has 1 spiro atoms. The molecule has 180 valence electrons. The van der Waals surface area contributed by atoms with Crippen molar-refractivity contribution in [1.29, 1.82) is 0 Å². The standard InChI is InChI=1S/C26H33N5O3/c1-15(2)10-20(30(5)23(32)21-12-16-11-19(16)29(21)4)24(33)31-14-26(13-22(31)27-3)17-8-6-7-9-18(17)28-25(26)34/h6-9,15-16,19-22H,10-14H2,1-2,4-5H3,(H,28,34)/t16-,19-,20+,21+,22+,26+/m1/s1. The van der Waals surface area contributed by atoms with Crippen LogP contribution in [0.3, 0.4) is 0 Å². The number of amides is 3. The predicted molar refractivity (Wildman–Crippen MR) is 128 cm³/mol. The van der Waals surface area contributed by atoms with Crippen molar-refractivity contribution in [2.75, 3.05) is 26.0 Å². The van der Waals surface area contributed by atoms with Crippen LogP contribution < -0.4 is 5.32 Å². The Bertz CT molecular complexity index is 1080. The number of piperidine rings is 1. The van der Waals surface area contributed by atoms with E-state index in [1.807, 2.05) is 45.2 Å². The first kappa shape index (κ1) is 22.9. The normalized spacial score (nSPS) is 32.4. The van der Waals surface area contributed by atoms with E-state index in [0.29, 0.717) is 18.4 Å². The molecule has 3 aliphatic heterocycles. The molecule has 0 aromatic heterocycles. The zero-order valence-corrected chi connectivity index (χ0v) is 20.3. The van der Waals surface area contributed by atoms with E-state index in [1.54, 1.807) is 16.8 Å². The minimum atomic E-state index is -0.917. The zero-order valence-electron chi connectivity index (χ0n) is 20.3. The second kappa shape index (κ2) is 8.09. The van der Waals surface area contributed by atoms with Crippen LogP contribution in [0.2, 0.25) is 0 Å². The summed E-state index contributed by atoms with van der Waals surface area (Å²) in [6, 6.07) is 7.16. The van der Waals surface area contributed by atoms with Gasteiger partial charge in [0.2, 0.25) is 11.8 Å². The minimum absolute atomic E-state index is 0.0223. The largest absolute Gasteiger partial charge is 0.332 e. The fourth-order valence-corrected chi connectivity index (χ4v) is 6.35. The quantitative estimate of drug-likeness (QED) is 0.680. The van der Waals surface area contributed by atoms with Gasteiger partial charge in [-0.25, -0.2) is 6.57 Å². The van der Waals surface area contributed by atoms with Gasteiger partial charge in [0.05, 0.1) is 12.5 Å². The van der Waals surface area contributed by atoms with Crippen LogP contribution in [0.1, 0.15) is 45.1 Å². The van der Waals surface area contributed by atoms with Crippen LogP contribution in [0.4, 0.5) is 5.69 Å². The van der Waals surface area contributed by atoms with Crippen molar-refractivity contribution in [3.63, 3.8) is 0 Å². The molecule has 1 saturated carbocycles. The van der Waals surface area contributed by atoms with E-state index < -0.39 is 17.6 Å². The van der Waals surface area contributed by atoms with Gasteiger partial charge in [0.1, 0.15) is 11.5 Å². The maximum atomic E-state index is 14.0. The molecule has 1 aromatic rings. The minimum Gasteiger partial charge on any atom is -0.332 e. The monoisotopic (exact) mass is 463 g/mol. The molecule has 3 amide bonds. The smallest absolute Gasteiger partial charge is 0.302 e. The number of nitrogens with one attached hydrogen (secondary N) is 1. The third-order valence-electron chi connectivity index (χ3n) is 8.39. The second-order valence-corrected chi connectivity index (χ2v) is 10.9. The van der Waals surface area contributed by atoms with Crippen LogP contribution in [0, 0.1) is 18.4 Å². The van der Waals surface area contributed by atoms with Crippen molar-refractivity contribution in [2.45, 2.75) is 69.2 Å². The maximum Gasteiger partial charge on any atom is 0.302 e. The summed E-state index contributed by atoms with van der Waals surface area (Å²) >= 11 is 0. The molecule has 8 nitrogen and oxygen atoms in total. The topological polar surface area (TPSA) is 77.3 Å². The number of likely N-dealkylation sites (N-methyl/N-ethyl adjacent to an activating group) is 2. The van der Waals surface area contributed by atoms with Gasteiger partial charge in [-0.3, -0.25) is 29.0 Å². The van der Waals surface area contributed by atoms with E-state index in [-0.39, 0.29) is 42.6 Å². The number of hydrogen-bond acceptors (Lipinski definition) is 4. The number of nitrogens with zero attached hydrogens (tertiary/aromatic N) is 4. The van der Waals surface area contributed by atoms with Gasteiger partial charge in [-0.1, -0.05) is 32.0 Å². The lowest BCUT2D eigenvalue weighted by Gasteiger charge is -2.35. The van der Waals surface area contributed by atoms with E-state index >= 15 is 0 Å². The van der Waals surface area contributed by atoms with Crippen molar-refractivity contribution in [3.05, 3.63) is 41.2 Å². The number of para-hydroxylation sites is 1. The molecule has 1 aliphatic carbocycles. The summed E-state index contributed by atoms with van der Waals surface area (Å²) in [5.41, 5.74) is 0.680. The Morgan fingerprint density at radius 2 is 2.03 bits per heavy atom. The van der Waals surface area contributed by atoms with Crippen LogP contribution >= 0.6 is 0 Å². The summed E-state index contributed by atoms with van der Waals surface area (Å²) in [5.74, 6) is 0.375. The highest BCUT2D eigenvalue weighted by Gasteiger charge is 2.59. The van der Waals surface area contributed by atoms with Crippen LogP contribution in [0.25, 0.3) is 4.85 Å². The highest BCUT2D eigenvalue weighted by atomic mass is 16.2. The maximum absolute atomic E-state index is 14.0. The summed E-state index contributed by atoms with van der Waals surface area (Å²) in [5, 5.41) is 2.94. The van der Waals surface area contributed by atoms with Crippen molar-refractivity contribution in [3.8, 4) is 0 Å². The van der Waals surface area contributed by atoms with Gasteiger partial charge >= 0.3 is 6.17 Å². The van der Waals surface area contributed by atoms with E-state index in [4.69, 9.17) is 6.57 Å². The first-order chi connectivity index (χ1) is 16.2. The van der Waals surface area contributed by atoms with Crippen LogP contribution in [0.15, 0.2) is 24.3 Å². The van der Waals surface area contributed by atoms with Crippen molar-refractivity contribution in [2.24, 2.45) is 11.8 Å². The number of carbonyl (C=O) groups excluding carboxylic acids is 3. The van der Waals surface area contributed by atoms with E-state index in [0.717, 1.165) is 24.1 Å². The molecule has 2 saturated heterocycles. The molecule has 6 atom stereocenters.